The van der Waals surface area contributed by atoms with E-state index >= 15 is 0 Å². The summed E-state index contributed by atoms with van der Waals surface area (Å²) < 4.78 is 77.3. The standard InChI is InChI=1S/C10H14F6N4/c1-8(2,3)20-5(4-17)18-19-7(20)6(9(11,12)13)10(14,15)16/h6H,4,17H2,1-3H3. The Hall–Kier alpha value is -1.32. The zero-order valence-electron chi connectivity index (χ0n) is 11.0. The summed E-state index contributed by atoms with van der Waals surface area (Å²) in [6, 6.07) is 0. The molecule has 1 aromatic heterocycles. The zero-order valence-corrected chi connectivity index (χ0v) is 11.0. The summed E-state index contributed by atoms with van der Waals surface area (Å²) in [6.07, 6.45) is -11.0. The van der Waals surface area contributed by atoms with E-state index in [0.29, 0.717) is 0 Å². The van der Waals surface area contributed by atoms with Crippen molar-refractivity contribution in [1.82, 2.24) is 14.8 Å². The predicted molar refractivity (Wildman–Crippen MR) is 57.8 cm³/mol. The predicted octanol–water partition coefficient (Wildman–Crippen LogP) is 2.70. The fourth-order valence-electron chi connectivity index (χ4n) is 1.86. The highest BCUT2D eigenvalue weighted by Crippen LogP contribution is 2.46. The van der Waals surface area contributed by atoms with E-state index in [1.54, 1.807) is 0 Å². The average molecular weight is 304 g/mol. The summed E-state index contributed by atoms with van der Waals surface area (Å²) in [6.45, 7) is 4.03. The van der Waals surface area contributed by atoms with Gasteiger partial charge in [-0.15, -0.1) is 10.2 Å². The van der Waals surface area contributed by atoms with E-state index in [1.807, 2.05) is 0 Å². The molecule has 1 heterocycles. The molecule has 0 aliphatic heterocycles. The molecule has 116 valence electrons. The number of nitrogens with zero attached hydrogens (tertiary/aromatic N) is 3. The Morgan fingerprint density at radius 3 is 1.75 bits per heavy atom. The van der Waals surface area contributed by atoms with Crippen molar-refractivity contribution in [2.24, 2.45) is 5.73 Å². The molecule has 4 nitrogen and oxygen atoms in total. The van der Waals surface area contributed by atoms with Crippen LogP contribution in [-0.4, -0.2) is 27.1 Å². The number of nitrogens with two attached hydrogens (primary N) is 1. The Kier molecular flexibility index (Phi) is 4.10. The van der Waals surface area contributed by atoms with Gasteiger partial charge in [0, 0.05) is 5.54 Å². The van der Waals surface area contributed by atoms with Gasteiger partial charge in [-0.1, -0.05) is 0 Å². The van der Waals surface area contributed by atoms with Crippen molar-refractivity contribution in [2.75, 3.05) is 0 Å². The normalized spacial score (nSPS) is 14.2. The van der Waals surface area contributed by atoms with Crippen molar-refractivity contribution in [1.29, 1.82) is 0 Å². The fourth-order valence-corrected chi connectivity index (χ4v) is 1.86. The molecule has 0 saturated carbocycles. The van der Waals surface area contributed by atoms with Crippen LogP contribution in [0.2, 0.25) is 0 Å². The smallest absolute Gasteiger partial charge is 0.324 e. The average Bonchev–Trinajstić information content (AvgIpc) is 2.55. The van der Waals surface area contributed by atoms with Crippen LogP contribution in [0.15, 0.2) is 0 Å². The van der Waals surface area contributed by atoms with E-state index in [4.69, 9.17) is 5.73 Å². The van der Waals surface area contributed by atoms with Gasteiger partial charge in [-0.2, -0.15) is 26.3 Å². The molecule has 0 bridgehead atoms. The van der Waals surface area contributed by atoms with E-state index in [9.17, 15) is 26.3 Å². The number of rotatable bonds is 2. The largest absolute Gasteiger partial charge is 0.407 e. The van der Waals surface area contributed by atoms with Gasteiger partial charge in [0.1, 0.15) is 5.82 Å². The summed E-state index contributed by atoms with van der Waals surface area (Å²) in [5.74, 6) is -5.02. The van der Waals surface area contributed by atoms with Crippen molar-refractivity contribution >= 4 is 0 Å². The number of halogens is 6. The fraction of sp³-hybridized carbons (Fsp3) is 0.800. The first kappa shape index (κ1) is 16.7. The van der Waals surface area contributed by atoms with E-state index < -0.39 is 29.6 Å². The van der Waals surface area contributed by atoms with Crippen LogP contribution in [0.25, 0.3) is 0 Å². The minimum atomic E-state index is -5.51. The van der Waals surface area contributed by atoms with E-state index in [2.05, 4.69) is 10.2 Å². The summed E-state index contributed by atoms with van der Waals surface area (Å²) in [4.78, 5) is 0. The van der Waals surface area contributed by atoms with Crippen LogP contribution in [0.4, 0.5) is 26.3 Å². The Balaban J connectivity index is 3.55. The number of alkyl halides is 6. The molecular weight excluding hydrogens is 290 g/mol. The second-order valence-electron chi connectivity index (χ2n) is 5.20. The summed E-state index contributed by atoms with van der Waals surface area (Å²) >= 11 is 0. The molecule has 2 N–H and O–H groups in total. The molecule has 1 aromatic rings. The molecule has 0 atom stereocenters. The Morgan fingerprint density at radius 2 is 1.45 bits per heavy atom. The lowest BCUT2D eigenvalue weighted by molar-refractivity contribution is -0.256. The second-order valence-corrected chi connectivity index (χ2v) is 5.20. The van der Waals surface area contributed by atoms with E-state index in [-0.39, 0.29) is 12.4 Å². The van der Waals surface area contributed by atoms with Crippen LogP contribution in [0.5, 0.6) is 0 Å². The minimum absolute atomic E-state index is 0.133. The van der Waals surface area contributed by atoms with Gasteiger partial charge in [0.05, 0.1) is 6.54 Å². The van der Waals surface area contributed by atoms with Crippen LogP contribution in [-0.2, 0) is 12.1 Å². The first-order valence-electron chi connectivity index (χ1n) is 5.58. The quantitative estimate of drug-likeness (QED) is 0.855. The SMILES string of the molecule is CC(C)(C)n1c(CN)nnc1C(C(F)(F)F)C(F)(F)F. The maximum Gasteiger partial charge on any atom is 0.407 e. The van der Waals surface area contributed by atoms with Gasteiger partial charge in [0.15, 0.2) is 5.82 Å². The van der Waals surface area contributed by atoms with Crippen molar-refractivity contribution in [3.05, 3.63) is 11.6 Å². The lowest BCUT2D eigenvalue weighted by atomic mass is 10.0. The topological polar surface area (TPSA) is 56.7 Å². The maximum absolute atomic E-state index is 12.8. The molecule has 0 aromatic carbocycles. The number of hydrogen-bond donors (Lipinski definition) is 1. The van der Waals surface area contributed by atoms with Gasteiger partial charge in [-0.3, -0.25) is 0 Å². The molecule has 0 aliphatic rings. The van der Waals surface area contributed by atoms with Crippen LogP contribution in [0.3, 0.4) is 0 Å². The monoisotopic (exact) mass is 304 g/mol. The lowest BCUT2D eigenvalue weighted by Crippen LogP contribution is -2.39. The van der Waals surface area contributed by atoms with Gasteiger partial charge in [0.2, 0.25) is 5.92 Å². The van der Waals surface area contributed by atoms with E-state index in [1.165, 1.54) is 20.8 Å². The zero-order chi connectivity index (χ0) is 15.9. The van der Waals surface area contributed by atoms with Gasteiger partial charge >= 0.3 is 12.4 Å². The molecule has 0 saturated heterocycles. The third-order valence-corrected chi connectivity index (χ3v) is 2.52. The highest BCUT2D eigenvalue weighted by molar-refractivity contribution is 5.11. The highest BCUT2D eigenvalue weighted by Gasteiger charge is 2.60. The first-order chi connectivity index (χ1) is 8.80. The van der Waals surface area contributed by atoms with Gasteiger partial charge < -0.3 is 10.3 Å². The Labute approximate surface area is 111 Å². The highest BCUT2D eigenvalue weighted by atomic mass is 19.4. The number of hydrogen-bond acceptors (Lipinski definition) is 3. The van der Waals surface area contributed by atoms with Crippen molar-refractivity contribution in [2.45, 2.75) is 51.1 Å². The molecule has 0 amide bonds. The summed E-state index contributed by atoms with van der Waals surface area (Å²) in [5, 5.41) is 6.42. The first-order valence-corrected chi connectivity index (χ1v) is 5.58. The minimum Gasteiger partial charge on any atom is -0.324 e. The summed E-state index contributed by atoms with van der Waals surface area (Å²) in [5.41, 5.74) is 4.23. The maximum atomic E-state index is 12.8. The summed E-state index contributed by atoms with van der Waals surface area (Å²) in [7, 11) is 0. The van der Waals surface area contributed by atoms with Crippen molar-refractivity contribution < 1.29 is 26.3 Å². The Bertz CT molecular complexity index is 454. The second kappa shape index (κ2) is 4.90. The van der Waals surface area contributed by atoms with Crippen LogP contribution in [0.1, 0.15) is 38.3 Å². The third-order valence-electron chi connectivity index (χ3n) is 2.52. The molecule has 0 unspecified atom stereocenters. The number of aromatic nitrogens is 3. The van der Waals surface area contributed by atoms with Gasteiger partial charge in [-0.25, -0.2) is 0 Å². The van der Waals surface area contributed by atoms with Crippen molar-refractivity contribution in [3.63, 3.8) is 0 Å². The molecule has 0 radical (unpaired) electrons. The van der Waals surface area contributed by atoms with Gasteiger partial charge in [0.25, 0.3) is 0 Å². The molecule has 0 spiro atoms. The molecule has 0 fully saturated rings. The third kappa shape index (κ3) is 3.22. The molecule has 1 rings (SSSR count). The Morgan fingerprint density at radius 1 is 1.00 bits per heavy atom. The van der Waals surface area contributed by atoms with Crippen LogP contribution >= 0.6 is 0 Å². The van der Waals surface area contributed by atoms with Crippen LogP contribution in [0, 0.1) is 0 Å². The molecule has 0 aliphatic carbocycles. The van der Waals surface area contributed by atoms with Crippen LogP contribution < -0.4 is 5.73 Å². The molecule has 20 heavy (non-hydrogen) atoms. The molecular formula is C10H14F6N4. The molecule has 10 heteroatoms. The lowest BCUT2D eigenvalue weighted by Gasteiger charge is -2.29. The van der Waals surface area contributed by atoms with Gasteiger partial charge in [-0.05, 0) is 20.8 Å². The van der Waals surface area contributed by atoms with E-state index in [0.717, 1.165) is 4.57 Å². The van der Waals surface area contributed by atoms with Crippen molar-refractivity contribution in [3.8, 4) is 0 Å².